The van der Waals surface area contributed by atoms with Gasteiger partial charge in [0.25, 0.3) is 0 Å². The van der Waals surface area contributed by atoms with E-state index in [1.54, 1.807) is 17.6 Å². The quantitative estimate of drug-likeness (QED) is 0.758. The Labute approximate surface area is 145 Å². The highest BCUT2D eigenvalue weighted by Gasteiger charge is 2.29. The molecule has 1 atom stereocenters. The second-order valence-corrected chi connectivity index (χ2v) is 7.62. The van der Waals surface area contributed by atoms with Gasteiger partial charge in [0, 0.05) is 28.9 Å². The Morgan fingerprint density at radius 2 is 2.12 bits per heavy atom. The van der Waals surface area contributed by atoms with Crippen molar-refractivity contribution in [3.05, 3.63) is 69.9 Å². The van der Waals surface area contributed by atoms with Crippen LogP contribution in [0.3, 0.4) is 0 Å². The van der Waals surface area contributed by atoms with Crippen LogP contribution >= 0.6 is 11.3 Å². The Morgan fingerprint density at radius 1 is 1.17 bits per heavy atom. The molecule has 0 saturated heterocycles. The van der Waals surface area contributed by atoms with Crippen molar-refractivity contribution < 1.29 is 4.74 Å². The van der Waals surface area contributed by atoms with Gasteiger partial charge in [-0.05, 0) is 54.7 Å². The summed E-state index contributed by atoms with van der Waals surface area (Å²) in [5.74, 6) is 0.910. The lowest BCUT2D eigenvalue weighted by molar-refractivity contribution is 0.413. The third kappa shape index (κ3) is 2.06. The summed E-state index contributed by atoms with van der Waals surface area (Å²) in [6, 6.07) is 13.0. The Bertz CT molecular complexity index is 908. The van der Waals surface area contributed by atoms with Gasteiger partial charge in [0.2, 0.25) is 0 Å². The van der Waals surface area contributed by atoms with Gasteiger partial charge in [-0.3, -0.25) is 0 Å². The average molecular weight is 336 g/mol. The van der Waals surface area contributed by atoms with Crippen molar-refractivity contribution in [1.82, 2.24) is 9.88 Å². The van der Waals surface area contributed by atoms with Gasteiger partial charge in [-0.15, -0.1) is 11.3 Å². The van der Waals surface area contributed by atoms with Crippen LogP contribution in [0.4, 0.5) is 0 Å². The first kappa shape index (κ1) is 14.3. The molecule has 122 valence electrons. The van der Waals surface area contributed by atoms with Gasteiger partial charge in [-0.1, -0.05) is 12.1 Å². The van der Waals surface area contributed by atoms with E-state index in [0.29, 0.717) is 0 Å². The Hall–Kier alpha value is -2.04. The highest BCUT2D eigenvalue weighted by molar-refractivity contribution is 7.15. The molecular formula is C20H20N2OS. The molecule has 0 spiro atoms. The minimum atomic E-state index is 0.187. The molecule has 3 aromatic rings. The van der Waals surface area contributed by atoms with Crippen LogP contribution in [0.25, 0.3) is 5.00 Å². The van der Waals surface area contributed by atoms with Crippen LogP contribution in [0.5, 0.6) is 5.75 Å². The fourth-order valence-corrected chi connectivity index (χ4v) is 5.48. The molecule has 0 amide bonds. The molecule has 2 aromatic heterocycles. The lowest BCUT2D eigenvalue weighted by Crippen LogP contribution is -2.21. The SMILES string of the molecule is COc1cccc(C2NCc3c(sc4c3CCC4)-n3cccc32)c1. The number of hydrogen-bond donors (Lipinski definition) is 1. The number of benzene rings is 1. The maximum Gasteiger partial charge on any atom is 0.119 e. The smallest absolute Gasteiger partial charge is 0.119 e. The summed E-state index contributed by atoms with van der Waals surface area (Å²) in [4.78, 5) is 1.60. The fourth-order valence-electron chi connectivity index (χ4n) is 4.06. The molecule has 3 heterocycles. The highest BCUT2D eigenvalue weighted by atomic mass is 32.1. The number of nitrogens with one attached hydrogen (secondary N) is 1. The zero-order valence-electron chi connectivity index (χ0n) is 13.7. The van der Waals surface area contributed by atoms with Crippen LogP contribution < -0.4 is 10.1 Å². The van der Waals surface area contributed by atoms with E-state index >= 15 is 0 Å². The second kappa shape index (κ2) is 5.50. The lowest BCUT2D eigenvalue weighted by Gasteiger charge is -2.18. The van der Waals surface area contributed by atoms with Crippen molar-refractivity contribution >= 4 is 11.3 Å². The monoisotopic (exact) mass is 336 g/mol. The van der Waals surface area contributed by atoms with E-state index in [0.717, 1.165) is 12.3 Å². The van der Waals surface area contributed by atoms with E-state index in [1.165, 1.54) is 41.1 Å². The predicted molar refractivity (Wildman–Crippen MR) is 97.3 cm³/mol. The maximum absolute atomic E-state index is 5.42. The number of ether oxygens (including phenoxy) is 1. The summed E-state index contributed by atoms with van der Waals surface area (Å²) in [5.41, 5.74) is 5.67. The number of nitrogens with zero attached hydrogens (tertiary/aromatic N) is 1. The van der Waals surface area contributed by atoms with Crippen molar-refractivity contribution in [3.63, 3.8) is 0 Å². The Balaban J connectivity index is 1.64. The van der Waals surface area contributed by atoms with Crippen LogP contribution in [-0.2, 0) is 19.4 Å². The van der Waals surface area contributed by atoms with Gasteiger partial charge in [0.15, 0.2) is 0 Å². The third-order valence-corrected chi connectivity index (χ3v) is 6.55. The summed E-state index contributed by atoms with van der Waals surface area (Å²) >= 11 is 1.99. The molecule has 1 aliphatic carbocycles. The van der Waals surface area contributed by atoms with Crippen LogP contribution in [0.1, 0.15) is 39.7 Å². The fraction of sp³-hybridized carbons (Fsp3) is 0.300. The molecule has 4 heteroatoms. The zero-order valence-corrected chi connectivity index (χ0v) is 14.5. The zero-order chi connectivity index (χ0) is 16.1. The molecule has 0 fully saturated rings. The van der Waals surface area contributed by atoms with Crippen molar-refractivity contribution in [2.75, 3.05) is 7.11 Å². The largest absolute Gasteiger partial charge is 0.497 e. The Kier molecular flexibility index (Phi) is 3.28. The number of fused-ring (bicyclic) bond motifs is 5. The van der Waals surface area contributed by atoms with Gasteiger partial charge < -0.3 is 14.6 Å². The summed E-state index contributed by atoms with van der Waals surface area (Å²) in [5, 5.41) is 5.21. The van der Waals surface area contributed by atoms with Gasteiger partial charge >= 0.3 is 0 Å². The average Bonchev–Trinajstić information content (AvgIpc) is 3.30. The summed E-state index contributed by atoms with van der Waals surface area (Å²) in [6.07, 6.45) is 6.01. The van der Waals surface area contributed by atoms with E-state index in [4.69, 9.17) is 4.74 Å². The van der Waals surface area contributed by atoms with Crippen LogP contribution in [0.2, 0.25) is 0 Å². The molecule has 3 nitrogen and oxygen atoms in total. The van der Waals surface area contributed by atoms with Gasteiger partial charge in [-0.2, -0.15) is 0 Å². The van der Waals surface area contributed by atoms with Gasteiger partial charge in [0.1, 0.15) is 10.8 Å². The molecule has 1 N–H and O–H groups in total. The molecule has 24 heavy (non-hydrogen) atoms. The number of aromatic nitrogens is 1. The molecule has 0 saturated carbocycles. The van der Waals surface area contributed by atoms with Crippen molar-refractivity contribution in [2.45, 2.75) is 31.8 Å². The van der Waals surface area contributed by atoms with Crippen molar-refractivity contribution in [2.24, 2.45) is 0 Å². The van der Waals surface area contributed by atoms with E-state index in [9.17, 15) is 0 Å². The molecule has 2 aliphatic rings. The minimum Gasteiger partial charge on any atom is -0.497 e. The Morgan fingerprint density at radius 3 is 3.04 bits per heavy atom. The van der Waals surface area contributed by atoms with E-state index < -0.39 is 0 Å². The standard InChI is InChI=1S/C20H20N2OS/c1-23-14-6-2-5-13(11-14)19-17-8-4-10-22(17)20-16(12-21-19)15-7-3-9-18(15)24-20/h2,4-6,8,10-11,19,21H,3,7,9,12H2,1H3. The second-order valence-electron chi connectivity index (χ2n) is 6.53. The van der Waals surface area contributed by atoms with Crippen molar-refractivity contribution in [3.8, 4) is 10.8 Å². The van der Waals surface area contributed by atoms with Crippen molar-refractivity contribution in [1.29, 1.82) is 0 Å². The molecule has 5 rings (SSSR count). The van der Waals surface area contributed by atoms with Crippen LogP contribution in [-0.4, -0.2) is 11.7 Å². The predicted octanol–water partition coefficient (Wildman–Crippen LogP) is 4.23. The highest BCUT2D eigenvalue weighted by Crippen LogP contribution is 2.41. The molecule has 0 bridgehead atoms. The van der Waals surface area contributed by atoms with Gasteiger partial charge in [-0.25, -0.2) is 0 Å². The number of hydrogen-bond acceptors (Lipinski definition) is 3. The molecule has 1 aliphatic heterocycles. The van der Waals surface area contributed by atoms with Crippen LogP contribution in [0, 0.1) is 0 Å². The number of thiophene rings is 1. The number of rotatable bonds is 2. The summed E-state index contributed by atoms with van der Waals surface area (Å²) < 4.78 is 7.81. The lowest BCUT2D eigenvalue weighted by atomic mass is 10.0. The molecule has 1 aromatic carbocycles. The third-order valence-electron chi connectivity index (χ3n) is 5.21. The van der Waals surface area contributed by atoms with Gasteiger partial charge in [0.05, 0.1) is 13.2 Å². The van der Waals surface area contributed by atoms with Crippen LogP contribution in [0.15, 0.2) is 42.6 Å². The maximum atomic E-state index is 5.42. The topological polar surface area (TPSA) is 26.2 Å². The molecule has 1 unspecified atom stereocenters. The minimum absolute atomic E-state index is 0.187. The number of aryl methyl sites for hydroxylation is 1. The van der Waals surface area contributed by atoms with E-state index in [-0.39, 0.29) is 6.04 Å². The van der Waals surface area contributed by atoms with E-state index in [1.807, 2.05) is 17.4 Å². The first-order chi connectivity index (χ1) is 11.8. The normalized spacial score (nSPS) is 18.6. The number of methoxy groups -OCH3 is 1. The summed E-state index contributed by atoms with van der Waals surface area (Å²) in [6.45, 7) is 0.935. The van der Waals surface area contributed by atoms with E-state index in [2.05, 4.69) is 46.4 Å². The molecular weight excluding hydrogens is 316 g/mol. The first-order valence-electron chi connectivity index (χ1n) is 8.53. The summed E-state index contributed by atoms with van der Waals surface area (Å²) in [7, 11) is 1.73. The molecule has 0 radical (unpaired) electrons. The first-order valence-corrected chi connectivity index (χ1v) is 9.35.